The standard InChI is InChI=1S/C17H25N7O2/c1-22(2)15-4-3-14-19-20-17(24(14)21-15)12-5-7-23(8-6-12)10-13-9-18-16(25)11-26-13/h3-4,12-13H,5-11H2,1-2H3,(H,18,25). The molecule has 2 aliphatic heterocycles. The zero-order valence-electron chi connectivity index (χ0n) is 15.3. The molecule has 140 valence electrons. The van der Waals surface area contributed by atoms with Crippen LogP contribution >= 0.6 is 0 Å². The van der Waals surface area contributed by atoms with Crippen molar-refractivity contribution < 1.29 is 9.53 Å². The predicted molar refractivity (Wildman–Crippen MR) is 96.3 cm³/mol. The highest BCUT2D eigenvalue weighted by Crippen LogP contribution is 2.27. The minimum absolute atomic E-state index is 0.0248. The number of ether oxygens (including phenoxy) is 1. The van der Waals surface area contributed by atoms with E-state index in [0.717, 1.165) is 49.8 Å². The van der Waals surface area contributed by atoms with Crippen molar-refractivity contribution in [3.63, 3.8) is 0 Å². The van der Waals surface area contributed by atoms with Crippen LogP contribution in [0.2, 0.25) is 0 Å². The summed E-state index contributed by atoms with van der Waals surface area (Å²) in [5.74, 6) is 2.18. The molecule has 1 N–H and O–H groups in total. The molecule has 2 fully saturated rings. The Balaban J connectivity index is 1.39. The van der Waals surface area contributed by atoms with E-state index in [4.69, 9.17) is 4.74 Å². The van der Waals surface area contributed by atoms with E-state index >= 15 is 0 Å². The Morgan fingerprint density at radius 3 is 2.77 bits per heavy atom. The average Bonchev–Trinajstić information content (AvgIpc) is 3.07. The zero-order valence-corrected chi connectivity index (χ0v) is 15.3. The fourth-order valence-electron chi connectivity index (χ4n) is 3.60. The van der Waals surface area contributed by atoms with Crippen LogP contribution in [-0.2, 0) is 9.53 Å². The molecule has 0 saturated carbocycles. The maximum atomic E-state index is 11.2. The first-order chi connectivity index (χ1) is 12.6. The van der Waals surface area contributed by atoms with Crippen molar-refractivity contribution in [2.45, 2.75) is 24.9 Å². The Kier molecular flexibility index (Phi) is 4.73. The normalized spacial score (nSPS) is 22.5. The van der Waals surface area contributed by atoms with Gasteiger partial charge in [-0.3, -0.25) is 4.79 Å². The van der Waals surface area contributed by atoms with Gasteiger partial charge in [0.1, 0.15) is 12.4 Å². The Bertz CT molecular complexity index is 773. The molecule has 2 aromatic rings. The van der Waals surface area contributed by atoms with E-state index in [0.29, 0.717) is 12.5 Å². The lowest BCUT2D eigenvalue weighted by Gasteiger charge is -2.34. The second-order valence-electron chi connectivity index (χ2n) is 7.23. The molecule has 2 aliphatic rings. The number of nitrogens with one attached hydrogen (secondary N) is 1. The summed E-state index contributed by atoms with van der Waals surface area (Å²) < 4.78 is 7.47. The Labute approximate surface area is 152 Å². The first-order valence-corrected chi connectivity index (χ1v) is 9.10. The molecule has 1 amide bonds. The van der Waals surface area contributed by atoms with Crippen LogP contribution in [0.5, 0.6) is 0 Å². The molecule has 9 nitrogen and oxygen atoms in total. The molecule has 0 aromatic carbocycles. The van der Waals surface area contributed by atoms with Gasteiger partial charge in [-0.2, -0.15) is 4.52 Å². The monoisotopic (exact) mass is 359 g/mol. The summed E-state index contributed by atoms with van der Waals surface area (Å²) >= 11 is 0. The smallest absolute Gasteiger partial charge is 0.246 e. The molecule has 4 heterocycles. The summed E-state index contributed by atoms with van der Waals surface area (Å²) in [5, 5.41) is 16.2. The van der Waals surface area contributed by atoms with Crippen LogP contribution in [0.3, 0.4) is 0 Å². The number of carbonyl (C=O) groups is 1. The number of aromatic nitrogens is 4. The van der Waals surface area contributed by atoms with Crippen molar-refractivity contribution in [3.05, 3.63) is 18.0 Å². The number of carbonyl (C=O) groups excluding carboxylic acids is 1. The minimum Gasteiger partial charge on any atom is -0.365 e. The van der Waals surface area contributed by atoms with E-state index in [1.807, 2.05) is 35.6 Å². The highest BCUT2D eigenvalue weighted by atomic mass is 16.5. The summed E-state index contributed by atoms with van der Waals surface area (Å²) in [5.41, 5.74) is 0.791. The first-order valence-electron chi connectivity index (χ1n) is 9.10. The molecule has 1 unspecified atom stereocenters. The number of nitrogens with zero attached hydrogens (tertiary/aromatic N) is 6. The van der Waals surface area contributed by atoms with E-state index in [9.17, 15) is 4.79 Å². The van der Waals surface area contributed by atoms with Crippen molar-refractivity contribution in [1.29, 1.82) is 0 Å². The van der Waals surface area contributed by atoms with Crippen LogP contribution in [0.25, 0.3) is 5.65 Å². The number of fused-ring (bicyclic) bond motifs is 1. The molecule has 0 bridgehead atoms. The lowest BCUT2D eigenvalue weighted by molar-refractivity contribution is -0.134. The van der Waals surface area contributed by atoms with Gasteiger partial charge in [-0.1, -0.05) is 0 Å². The summed E-state index contributed by atoms with van der Waals surface area (Å²) in [6, 6.07) is 3.92. The van der Waals surface area contributed by atoms with E-state index in [2.05, 4.69) is 25.5 Å². The molecule has 2 aromatic heterocycles. The van der Waals surface area contributed by atoms with Crippen molar-refractivity contribution in [2.24, 2.45) is 0 Å². The number of piperidine rings is 1. The molecule has 26 heavy (non-hydrogen) atoms. The highest BCUT2D eigenvalue weighted by Gasteiger charge is 2.28. The summed E-state index contributed by atoms with van der Waals surface area (Å²) in [4.78, 5) is 15.6. The maximum absolute atomic E-state index is 11.2. The third kappa shape index (κ3) is 3.49. The number of rotatable bonds is 4. The quantitative estimate of drug-likeness (QED) is 0.814. The second-order valence-corrected chi connectivity index (χ2v) is 7.23. The van der Waals surface area contributed by atoms with Crippen molar-refractivity contribution in [3.8, 4) is 0 Å². The van der Waals surface area contributed by atoms with Crippen LogP contribution in [0.4, 0.5) is 5.82 Å². The molecular weight excluding hydrogens is 334 g/mol. The van der Waals surface area contributed by atoms with Gasteiger partial charge >= 0.3 is 0 Å². The third-order valence-corrected chi connectivity index (χ3v) is 5.12. The van der Waals surface area contributed by atoms with Crippen molar-refractivity contribution in [2.75, 3.05) is 51.8 Å². The van der Waals surface area contributed by atoms with Gasteiger partial charge in [0.15, 0.2) is 11.5 Å². The number of amides is 1. The number of hydrogen-bond acceptors (Lipinski definition) is 7. The van der Waals surface area contributed by atoms with Crippen LogP contribution in [0, 0.1) is 0 Å². The van der Waals surface area contributed by atoms with Crippen molar-refractivity contribution >= 4 is 17.4 Å². The Morgan fingerprint density at radius 1 is 1.27 bits per heavy atom. The molecule has 0 spiro atoms. The molecule has 2 saturated heterocycles. The summed E-state index contributed by atoms with van der Waals surface area (Å²) in [7, 11) is 3.96. The van der Waals surface area contributed by atoms with Crippen LogP contribution < -0.4 is 10.2 Å². The maximum Gasteiger partial charge on any atom is 0.246 e. The summed E-state index contributed by atoms with van der Waals surface area (Å²) in [6.07, 6.45) is 2.13. The fourth-order valence-corrected chi connectivity index (χ4v) is 3.60. The lowest BCUT2D eigenvalue weighted by Crippen LogP contribution is -2.49. The molecule has 1 atom stereocenters. The Hall–Kier alpha value is -2.26. The third-order valence-electron chi connectivity index (χ3n) is 5.12. The number of anilines is 1. The van der Waals surface area contributed by atoms with Gasteiger partial charge in [0.25, 0.3) is 0 Å². The molecule has 0 radical (unpaired) electrons. The summed E-state index contributed by atoms with van der Waals surface area (Å²) in [6.45, 7) is 3.61. The largest absolute Gasteiger partial charge is 0.365 e. The van der Waals surface area contributed by atoms with E-state index < -0.39 is 0 Å². The fraction of sp³-hybridized carbons (Fsp3) is 0.647. The minimum atomic E-state index is -0.0248. The lowest BCUT2D eigenvalue weighted by atomic mass is 9.96. The van der Waals surface area contributed by atoms with Gasteiger partial charge in [0, 0.05) is 33.1 Å². The van der Waals surface area contributed by atoms with Gasteiger partial charge in [-0.05, 0) is 38.1 Å². The van der Waals surface area contributed by atoms with E-state index in [1.165, 1.54) is 0 Å². The predicted octanol–water partition coefficient (Wildman–Crippen LogP) is -0.115. The molecule has 0 aliphatic carbocycles. The van der Waals surface area contributed by atoms with Crippen LogP contribution in [-0.4, -0.2) is 83.6 Å². The van der Waals surface area contributed by atoms with E-state index in [1.54, 1.807) is 0 Å². The topological polar surface area (TPSA) is 87.9 Å². The van der Waals surface area contributed by atoms with Gasteiger partial charge in [0.2, 0.25) is 5.91 Å². The van der Waals surface area contributed by atoms with Gasteiger partial charge in [0.05, 0.1) is 6.10 Å². The molecular formula is C17H25N7O2. The van der Waals surface area contributed by atoms with Crippen LogP contribution in [0.15, 0.2) is 12.1 Å². The highest BCUT2D eigenvalue weighted by molar-refractivity contribution is 5.77. The molecule has 4 rings (SSSR count). The average molecular weight is 359 g/mol. The van der Waals surface area contributed by atoms with Gasteiger partial charge in [-0.25, -0.2) is 0 Å². The number of likely N-dealkylation sites (tertiary alicyclic amines) is 1. The SMILES string of the molecule is CN(C)c1ccc2nnc(C3CCN(CC4CNC(=O)CO4)CC3)n2n1. The second kappa shape index (κ2) is 7.16. The van der Waals surface area contributed by atoms with Gasteiger partial charge < -0.3 is 19.9 Å². The Morgan fingerprint density at radius 2 is 2.08 bits per heavy atom. The zero-order chi connectivity index (χ0) is 18.1. The van der Waals surface area contributed by atoms with Gasteiger partial charge in [-0.15, -0.1) is 15.3 Å². The first kappa shape index (κ1) is 17.2. The number of morpholine rings is 1. The van der Waals surface area contributed by atoms with E-state index in [-0.39, 0.29) is 18.6 Å². The van der Waals surface area contributed by atoms with Crippen molar-refractivity contribution in [1.82, 2.24) is 30.0 Å². The number of hydrogen-bond donors (Lipinski definition) is 1. The van der Waals surface area contributed by atoms with Crippen LogP contribution in [0.1, 0.15) is 24.6 Å². The molecule has 9 heteroatoms.